The highest BCUT2D eigenvalue weighted by molar-refractivity contribution is 5.99. The van der Waals surface area contributed by atoms with Gasteiger partial charge in [0.25, 0.3) is 0 Å². The van der Waals surface area contributed by atoms with Crippen LogP contribution < -0.4 is 4.90 Å². The number of nitrogens with one attached hydrogen (secondary N) is 1. The summed E-state index contributed by atoms with van der Waals surface area (Å²) in [6, 6.07) is 5.91. The molecule has 2 aromatic rings. The number of H-pyrrole nitrogens is 1. The molecule has 1 aliphatic rings. The standard InChI is InChI=1S/C15H17N3O2/c1-11(19)15-13(4-5-16-15)12-2-3-14(17-10-12)18-6-8-20-9-7-18/h2-5,10,16H,6-9H2,1H3. The number of nitrogens with zero attached hydrogens (tertiary/aromatic N) is 2. The number of rotatable bonds is 3. The summed E-state index contributed by atoms with van der Waals surface area (Å²) >= 11 is 0. The summed E-state index contributed by atoms with van der Waals surface area (Å²) < 4.78 is 5.33. The molecule has 1 saturated heterocycles. The molecule has 104 valence electrons. The minimum Gasteiger partial charge on any atom is -0.378 e. The van der Waals surface area contributed by atoms with Gasteiger partial charge >= 0.3 is 0 Å². The van der Waals surface area contributed by atoms with Crippen LogP contribution in [0.3, 0.4) is 0 Å². The fourth-order valence-electron chi connectivity index (χ4n) is 2.43. The van der Waals surface area contributed by atoms with Crippen molar-refractivity contribution < 1.29 is 9.53 Å². The number of hydrogen-bond donors (Lipinski definition) is 1. The molecule has 2 aromatic heterocycles. The Morgan fingerprint density at radius 2 is 2.10 bits per heavy atom. The Balaban J connectivity index is 1.85. The van der Waals surface area contributed by atoms with Gasteiger partial charge in [-0.25, -0.2) is 4.98 Å². The van der Waals surface area contributed by atoms with E-state index in [9.17, 15) is 4.79 Å². The lowest BCUT2D eigenvalue weighted by atomic mass is 10.1. The monoisotopic (exact) mass is 271 g/mol. The van der Waals surface area contributed by atoms with Crippen molar-refractivity contribution in [1.29, 1.82) is 0 Å². The highest BCUT2D eigenvalue weighted by Gasteiger charge is 2.14. The quantitative estimate of drug-likeness (QED) is 0.869. The number of aromatic amines is 1. The molecule has 1 aliphatic heterocycles. The van der Waals surface area contributed by atoms with Gasteiger partial charge in [0.1, 0.15) is 5.82 Å². The molecule has 0 bridgehead atoms. The van der Waals surface area contributed by atoms with Crippen LogP contribution >= 0.6 is 0 Å². The summed E-state index contributed by atoms with van der Waals surface area (Å²) in [5.74, 6) is 0.985. The molecule has 0 atom stereocenters. The highest BCUT2D eigenvalue weighted by atomic mass is 16.5. The third kappa shape index (κ3) is 2.44. The second-order valence-electron chi connectivity index (χ2n) is 4.83. The summed E-state index contributed by atoms with van der Waals surface area (Å²) in [6.07, 6.45) is 3.60. The Hall–Kier alpha value is -2.14. The third-order valence-corrected chi connectivity index (χ3v) is 3.49. The zero-order valence-corrected chi connectivity index (χ0v) is 11.4. The summed E-state index contributed by atoms with van der Waals surface area (Å²) in [4.78, 5) is 21.2. The molecular weight excluding hydrogens is 254 g/mol. The lowest BCUT2D eigenvalue weighted by molar-refractivity contribution is 0.101. The number of ether oxygens (including phenoxy) is 1. The van der Waals surface area contributed by atoms with Crippen LogP contribution in [0, 0.1) is 0 Å². The van der Waals surface area contributed by atoms with Crippen molar-refractivity contribution in [3.05, 3.63) is 36.3 Å². The van der Waals surface area contributed by atoms with E-state index in [1.165, 1.54) is 0 Å². The van der Waals surface area contributed by atoms with Crippen LogP contribution in [0.5, 0.6) is 0 Å². The number of carbonyl (C=O) groups excluding carboxylic acids is 1. The maximum Gasteiger partial charge on any atom is 0.176 e. The minimum atomic E-state index is 0.0299. The van der Waals surface area contributed by atoms with Crippen LogP contribution in [-0.4, -0.2) is 42.1 Å². The van der Waals surface area contributed by atoms with E-state index in [1.807, 2.05) is 24.4 Å². The summed E-state index contributed by atoms with van der Waals surface area (Å²) in [5, 5.41) is 0. The van der Waals surface area contributed by atoms with Gasteiger partial charge in [-0.3, -0.25) is 4.79 Å². The Morgan fingerprint density at radius 3 is 2.75 bits per heavy atom. The maximum atomic E-state index is 11.5. The molecule has 5 nitrogen and oxygen atoms in total. The zero-order chi connectivity index (χ0) is 13.9. The van der Waals surface area contributed by atoms with Crippen LogP contribution in [-0.2, 0) is 4.74 Å². The lowest BCUT2D eigenvalue weighted by Gasteiger charge is -2.27. The molecule has 20 heavy (non-hydrogen) atoms. The van der Waals surface area contributed by atoms with Crippen LogP contribution in [0.25, 0.3) is 11.1 Å². The Labute approximate surface area is 117 Å². The summed E-state index contributed by atoms with van der Waals surface area (Å²) in [7, 11) is 0. The second-order valence-corrected chi connectivity index (χ2v) is 4.83. The number of aromatic nitrogens is 2. The van der Waals surface area contributed by atoms with Crippen LogP contribution in [0.2, 0.25) is 0 Å². The van der Waals surface area contributed by atoms with Crippen LogP contribution in [0.4, 0.5) is 5.82 Å². The van der Waals surface area contributed by atoms with Crippen molar-refractivity contribution in [2.24, 2.45) is 0 Å². The van der Waals surface area contributed by atoms with E-state index in [1.54, 1.807) is 13.1 Å². The summed E-state index contributed by atoms with van der Waals surface area (Å²) in [6.45, 7) is 4.79. The van der Waals surface area contributed by atoms with Gasteiger partial charge in [0.15, 0.2) is 5.78 Å². The van der Waals surface area contributed by atoms with Crippen molar-refractivity contribution in [2.45, 2.75) is 6.92 Å². The topological polar surface area (TPSA) is 58.2 Å². The first-order chi connectivity index (χ1) is 9.75. The van der Waals surface area contributed by atoms with E-state index < -0.39 is 0 Å². The molecule has 0 radical (unpaired) electrons. The Morgan fingerprint density at radius 1 is 1.30 bits per heavy atom. The van der Waals surface area contributed by atoms with E-state index in [2.05, 4.69) is 14.9 Å². The van der Waals surface area contributed by atoms with Crippen molar-refractivity contribution in [1.82, 2.24) is 9.97 Å². The largest absolute Gasteiger partial charge is 0.378 e. The van der Waals surface area contributed by atoms with Crippen molar-refractivity contribution in [2.75, 3.05) is 31.2 Å². The molecule has 5 heteroatoms. The van der Waals surface area contributed by atoms with Gasteiger partial charge in [-0.05, 0) is 18.2 Å². The molecule has 3 heterocycles. The molecule has 0 unspecified atom stereocenters. The molecule has 0 saturated carbocycles. The van der Waals surface area contributed by atoms with Gasteiger partial charge < -0.3 is 14.6 Å². The number of hydrogen-bond acceptors (Lipinski definition) is 4. The molecule has 0 aliphatic carbocycles. The predicted octanol–water partition coefficient (Wildman–Crippen LogP) is 2.12. The van der Waals surface area contributed by atoms with E-state index in [0.717, 1.165) is 43.2 Å². The van der Waals surface area contributed by atoms with Gasteiger partial charge in [-0.1, -0.05) is 0 Å². The van der Waals surface area contributed by atoms with E-state index in [4.69, 9.17) is 4.74 Å². The van der Waals surface area contributed by atoms with Gasteiger partial charge in [-0.15, -0.1) is 0 Å². The third-order valence-electron chi connectivity index (χ3n) is 3.49. The van der Waals surface area contributed by atoms with E-state index in [-0.39, 0.29) is 5.78 Å². The smallest absolute Gasteiger partial charge is 0.176 e. The number of morpholine rings is 1. The first-order valence-electron chi connectivity index (χ1n) is 6.73. The molecular formula is C15H17N3O2. The Kier molecular flexibility index (Phi) is 3.52. The van der Waals surface area contributed by atoms with E-state index >= 15 is 0 Å². The Bertz CT molecular complexity index is 598. The zero-order valence-electron chi connectivity index (χ0n) is 11.4. The second kappa shape index (κ2) is 5.46. The van der Waals surface area contributed by atoms with Gasteiger partial charge in [0.05, 0.1) is 18.9 Å². The predicted molar refractivity (Wildman–Crippen MR) is 77.1 cm³/mol. The average molecular weight is 271 g/mol. The first-order valence-corrected chi connectivity index (χ1v) is 6.73. The van der Waals surface area contributed by atoms with Gasteiger partial charge in [0.2, 0.25) is 0 Å². The van der Waals surface area contributed by atoms with Crippen LogP contribution in [0.15, 0.2) is 30.6 Å². The number of pyridine rings is 1. The van der Waals surface area contributed by atoms with Crippen LogP contribution in [0.1, 0.15) is 17.4 Å². The number of ketones is 1. The van der Waals surface area contributed by atoms with Gasteiger partial charge in [-0.2, -0.15) is 0 Å². The number of carbonyl (C=O) groups is 1. The van der Waals surface area contributed by atoms with Gasteiger partial charge in [0, 0.05) is 43.5 Å². The molecule has 0 amide bonds. The lowest BCUT2D eigenvalue weighted by Crippen LogP contribution is -2.36. The fraction of sp³-hybridized carbons (Fsp3) is 0.333. The van der Waals surface area contributed by atoms with Crippen molar-refractivity contribution in [3.8, 4) is 11.1 Å². The maximum absolute atomic E-state index is 11.5. The number of Topliss-reactive ketones (excluding diaryl/α,β-unsaturated/α-hetero) is 1. The minimum absolute atomic E-state index is 0.0299. The molecule has 0 spiro atoms. The normalized spacial score (nSPS) is 15.3. The SMILES string of the molecule is CC(=O)c1[nH]ccc1-c1ccc(N2CCOCC2)nc1. The number of anilines is 1. The molecule has 1 fully saturated rings. The highest BCUT2D eigenvalue weighted by Crippen LogP contribution is 2.24. The van der Waals surface area contributed by atoms with Crippen molar-refractivity contribution >= 4 is 11.6 Å². The van der Waals surface area contributed by atoms with Crippen molar-refractivity contribution in [3.63, 3.8) is 0 Å². The van der Waals surface area contributed by atoms with E-state index in [0.29, 0.717) is 5.69 Å². The fourth-order valence-corrected chi connectivity index (χ4v) is 2.43. The average Bonchev–Trinajstić information content (AvgIpc) is 2.98. The first kappa shape index (κ1) is 12.9. The molecule has 3 rings (SSSR count). The summed E-state index contributed by atoms with van der Waals surface area (Å²) in [5.41, 5.74) is 2.48. The molecule has 0 aromatic carbocycles. The molecule has 1 N–H and O–H groups in total.